The maximum atomic E-state index is 8.87. The number of hydrogen-bond acceptors (Lipinski definition) is 11. The van der Waals surface area contributed by atoms with Crippen molar-refractivity contribution >= 4 is 12.6 Å². The van der Waals surface area contributed by atoms with Crippen molar-refractivity contribution in [3.63, 3.8) is 0 Å². The van der Waals surface area contributed by atoms with Crippen LogP contribution in [0.1, 0.15) is 0 Å². The molecule has 29 heavy (non-hydrogen) atoms. The Balaban J connectivity index is 2.98. The summed E-state index contributed by atoms with van der Waals surface area (Å²) in [5.41, 5.74) is -0.753. The maximum Gasteiger partial charge on any atom is 0.120 e. The minimum atomic E-state index is -0.753. The molecular formula is C18H38O10S. The molecule has 0 radical (unpaired) electrons. The lowest BCUT2D eigenvalue weighted by Crippen LogP contribution is -2.15. The molecule has 0 aliphatic rings. The Hall–Kier alpha value is -0.0500. The van der Waals surface area contributed by atoms with Gasteiger partial charge in [0, 0.05) is 0 Å². The summed E-state index contributed by atoms with van der Waals surface area (Å²) >= 11 is 3.78. The fourth-order valence-corrected chi connectivity index (χ4v) is 1.90. The third-order valence-electron chi connectivity index (χ3n) is 3.11. The Morgan fingerprint density at radius 1 is 0.448 bits per heavy atom. The SMILES string of the molecule is OCCOCCOCCOCCOCCOCCOCCOCCOCC(O)S. The van der Waals surface area contributed by atoms with E-state index in [4.69, 9.17) is 48.1 Å². The second-order valence-corrected chi connectivity index (χ2v) is 6.16. The van der Waals surface area contributed by atoms with Crippen LogP contribution in [0.25, 0.3) is 0 Å². The molecule has 0 amide bonds. The molecule has 0 bridgehead atoms. The van der Waals surface area contributed by atoms with Crippen molar-refractivity contribution in [3.05, 3.63) is 0 Å². The van der Waals surface area contributed by atoms with Gasteiger partial charge in [-0.15, -0.1) is 12.6 Å². The van der Waals surface area contributed by atoms with Crippen LogP contribution in [0, 0.1) is 0 Å². The maximum absolute atomic E-state index is 8.87. The standard InChI is InChI=1S/C18H38O10S/c19-1-2-21-3-4-22-5-6-23-7-8-24-9-10-25-11-12-26-13-14-27-15-16-28-17-18(20)29/h18-20,29H,1-17H2. The molecule has 0 saturated heterocycles. The van der Waals surface area contributed by atoms with Crippen LogP contribution in [0.5, 0.6) is 0 Å². The molecule has 2 N–H and O–H groups in total. The van der Waals surface area contributed by atoms with Crippen molar-refractivity contribution in [1.82, 2.24) is 0 Å². The van der Waals surface area contributed by atoms with E-state index in [-0.39, 0.29) is 13.2 Å². The highest BCUT2D eigenvalue weighted by molar-refractivity contribution is 7.80. The van der Waals surface area contributed by atoms with E-state index in [1.165, 1.54) is 0 Å². The molecule has 0 aromatic heterocycles. The van der Waals surface area contributed by atoms with Crippen molar-refractivity contribution in [3.8, 4) is 0 Å². The summed E-state index contributed by atoms with van der Waals surface area (Å²) in [6.45, 7) is 7.41. The summed E-state index contributed by atoms with van der Waals surface area (Å²) in [5.74, 6) is 0. The van der Waals surface area contributed by atoms with E-state index in [9.17, 15) is 0 Å². The average molecular weight is 447 g/mol. The summed E-state index contributed by atoms with van der Waals surface area (Å²) in [7, 11) is 0. The van der Waals surface area contributed by atoms with Crippen LogP contribution in [0.15, 0.2) is 0 Å². The summed E-state index contributed by atoms with van der Waals surface area (Å²) in [5, 5.41) is 17.4. The van der Waals surface area contributed by atoms with Crippen molar-refractivity contribution in [2.45, 2.75) is 5.44 Å². The van der Waals surface area contributed by atoms with Gasteiger partial charge in [-0.1, -0.05) is 0 Å². The minimum absolute atomic E-state index is 0.0273. The highest BCUT2D eigenvalue weighted by Gasteiger charge is 1.96. The summed E-state index contributed by atoms with van der Waals surface area (Å²) in [6, 6.07) is 0. The van der Waals surface area contributed by atoms with E-state index in [1.807, 2.05) is 0 Å². The molecule has 11 heteroatoms. The Morgan fingerprint density at radius 3 is 0.931 bits per heavy atom. The monoisotopic (exact) mass is 446 g/mol. The van der Waals surface area contributed by atoms with Gasteiger partial charge in [0.1, 0.15) is 5.44 Å². The molecule has 0 heterocycles. The van der Waals surface area contributed by atoms with Gasteiger partial charge in [-0.05, 0) is 0 Å². The molecule has 0 saturated carbocycles. The lowest BCUT2D eigenvalue weighted by molar-refractivity contribution is -0.0248. The van der Waals surface area contributed by atoms with Crippen LogP contribution < -0.4 is 0 Å². The number of aliphatic hydroxyl groups is 2. The van der Waals surface area contributed by atoms with Gasteiger partial charge < -0.3 is 48.1 Å². The fraction of sp³-hybridized carbons (Fsp3) is 1.00. The largest absolute Gasteiger partial charge is 0.394 e. The predicted octanol–water partition coefficient (Wildman–Crippen LogP) is -0.640. The third-order valence-corrected chi connectivity index (χ3v) is 3.26. The van der Waals surface area contributed by atoms with Gasteiger partial charge in [0.15, 0.2) is 0 Å². The second-order valence-electron chi connectivity index (χ2n) is 5.57. The normalized spacial score (nSPS) is 12.5. The molecule has 0 aromatic carbocycles. The highest BCUT2D eigenvalue weighted by Crippen LogP contribution is 1.89. The van der Waals surface area contributed by atoms with Crippen LogP contribution in [0.3, 0.4) is 0 Å². The number of aliphatic hydroxyl groups excluding tert-OH is 2. The summed E-state index contributed by atoms with van der Waals surface area (Å²) < 4.78 is 42.2. The first-order valence-electron chi connectivity index (χ1n) is 9.86. The third kappa shape index (κ3) is 28.0. The highest BCUT2D eigenvalue weighted by atomic mass is 32.1. The first-order chi connectivity index (χ1) is 14.3. The average Bonchev–Trinajstić information content (AvgIpc) is 2.71. The molecule has 0 aliphatic carbocycles. The first-order valence-corrected chi connectivity index (χ1v) is 10.4. The molecule has 0 aliphatic heterocycles. The molecular weight excluding hydrogens is 408 g/mol. The minimum Gasteiger partial charge on any atom is -0.394 e. The fourth-order valence-electron chi connectivity index (χ4n) is 1.79. The van der Waals surface area contributed by atoms with Gasteiger partial charge in [0.25, 0.3) is 0 Å². The van der Waals surface area contributed by atoms with Crippen LogP contribution >= 0.6 is 12.6 Å². The second kappa shape index (κ2) is 26.0. The molecule has 0 rings (SSSR count). The van der Waals surface area contributed by atoms with Crippen LogP contribution in [0.4, 0.5) is 0 Å². The number of hydrogen-bond donors (Lipinski definition) is 3. The smallest absolute Gasteiger partial charge is 0.120 e. The van der Waals surface area contributed by atoms with E-state index >= 15 is 0 Å². The Labute approximate surface area is 179 Å². The van der Waals surface area contributed by atoms with Gasteiger partial charge in [-0.2, -0.15) is 0 Å². The van der Waals surface area contributed by atoms with E-state index in [0.717, 1.165) is 0 Å². The lowest BCUT2D eigenvalue weighted by atomic mass is 10.6. The predicted molar refractivity (Wildman–Crippen MR) is 109 cm³/mol. The Morgan fingerprint density at radius 2 is 0.690 bits per heavy atom. The molecule has 176 valence electrons. The van der Waals surface area contributed by atoms with E-state index in [2.05, 4.69) is 12.6 Å². The first kappa shape index (κ1) is 28.9. The molecule has 0 fully saturated rings. The van der Waals surface area contributed by atoms with Crippen molar-refractivity contribution in [2.75, 3.05) is 112 Å². The zero-order chi connectivity index (χ0) is 21.3. The van der Waals surface area contributed by atoms with Gasteiger partial charge in [0.05, 0.1) is 112 Å². The summed E-state index contributed by atoms with van der Waals surface area (Å²) in [4.78, 5) is 0. The molecule has 1 unspecified atom stereocenters. The van der Waals surface area contributed by atoms with Crippen LogP contribution in [-0.2, 0) is 37.9 Å². The Bertz CT molecular complexity index is 300. The molecule has 0 spiro atoms. The van der Waals surface area contributed by atoms with Crippen LogP contribution in [0.2, 0.25) is 0 Å². The lowest BCUT2D eigenvalue weighted by Gasteiger charge is -2.09. The molecule has 10 nitrogen and oxygen atoms in total. The van der Waals surface area contributed by atoms with Gasteiger partial charge >= 0.3 is 0 Å². The van der Waals surface area contributed by atoms with Gasteiger partial charge in [-0.3, -0.25) is 0 Å². The van der Waals surface area contributed by atoms with Crippen molar-refractivity contribution in [2.24, 2.45) is 0 Å². The zero-order valence-corrected chi connectivity index (χ0v) is 18.1. The van der Waals surface area contributed by atoms with Gasteiger partial charge in [-0.25, -0.2) is 0 Å². The van der Waals surface area contributed by atoms with E-state index in [1.54, 1.807) is 0 Å². The summed E-state index contributed by atoms with van der Waals surface area (Å²) in [6.07, 6.45) is 0. The van der Waals surface area contributed by atoms with E-state index in [0.29, 0.717) is 99.1 Å². The topological polar surface area (TPSA) is 114 Å². The molecule has 1 atom stereocenters. The van der Waals surface area contributed by atoms with E-state index < -0.39 is 5.44 Å². The number of thiol groups is 1. The number of ether oxygens (including phenoxy) is 8. The quantitative estimate of drug-likeness (QED) is 0.0950. The van der Waals surface area contributed by atoms with Gasteiger partial charge in [0.2, 0.25) is 0 Å². The molecule has 0 aromatic rings. The zero-order valence-electron chi connectivity index (χ0n) is 17.2. The Kier molecular flexibility index (Phi) is 25.9. The van der Waals surface area contributed by atoms with Crippen molar-refractivity contribution in [1.29, 1.82) is 0 Å². The number of rotatable bonds is 25. The van der Waals surface area contributed by atoms with Crippen LogP contribution in [-0.4, -0.2) is 128 Å². The van der Waals surface area contributed by atoms with Crippen molar-refractivity contribution < 1.29 is 48.1 Å².